The standard InChI is InChI=1S/C17H24FNO/c1-3-5-6-7-12(4-2)17(20)15-10-14(18)11-19-16(15)13-8-9-13/h10-13H,3-9H2,1-2H3. The Morgan fingerprint density at radius 2 is 2.15 bits per heavy atom. The monoisotopic (exact) mass is 277 g/mol. The summed E-state index contributed by atoms with van der Waals surface area (Å²) >= 11 is 0. The van der Waals surface area contributed by atoms with Crippen molar-refractivity contribution in [2.45, 2.75) is 64.7 Å². The zero-order valence-electron chi connectivity index (χ0n) is 12.5. The quantitative estimate of drug-likeness (QED) is 0.500. The van der Waals surface area contributed by atoms with E-state index in [4.69, 9.17) is 0 Å². The number of aromatic nitrogens is 1. The molecule has 1 aliphatic rings. The summed E-state index contributed by atoms with van der Waals surface area (Å²) in [6.45, 7) is 4.20. The van der Waals surface area contributed by atoms with Crippen molar-refractivity contribution >= 4 is 5.78 Å². The Kier molecular flexibility index (Phi) is 5.27. The van der Waals surface area contributed by atoms with Crippen LogP contribution in [0.25, 0.3) is 0 Å². The number of carbonyl (C=O) groups excluding carboxylic acids is 1. The van der Waals surface area contributed by atoms with Crippen LogP contribution in [0.3, 0.4) is 0 Å². The van der Waals surface area contributed by atoms with Gasteiger partial charge in [-0.3, -0.25) is 9.78 Å². The van der Waals surface area contributed by atoms with Crippen LogP contribution in [-0.4, -0.2) is 10.8 Å². The lowest BCUT2D eigenvalue weighted by atomic mass is 9.89. The molecule has 0 radical (unpaired) electrons. The van der Waals surface area contributed by atoms with E-state index < -0.39 is 5.82 Å². The fourth-order valence-corrected chi connectivity index (χ4v) is 2.71. The molecule has 1 aromatic heterocycles. The van der Waals surface area contributed by atoms with Crippen molar-refractivity contribution in [3.05, 3.63) is 29.3 Å². The van der Waals surface area contributed by atoms with Gasteiger partial charge in [0, 0.05) is 17.4 Å². The topological polar surface area (TPSA) is 30.0 Å². The Morgan fingerprint density at radius 3 is 2.75 bits per heavy atom. The number of unbranched alkanes of at least 4 members (excludes halogenated alkanes) is 2. The first-order chi connectivity index (χ1) is 9.67. The summed E-state index contributed by atoms with van der Waals surface area (Å²) in [7, 11) is 0. The molecule has 1 saturated carbocycles. The minimum Gasteiger partial charge on any atom is -0.294 e. The van der Waals surface area contributed by atoms with Crippen LogP contribution >= 0.6 is 0 Å². The number of carbonyl (C=O) groups is 1. The molecule has 3 heteroatoms. The number of ketones is 1. The number of pyridine rings is 1. The van der Waals surface area contributed by atoms with E-state index in [0.29, 0.717) is 11.5 Å². The fourth-order valence-electron chi connectivity index (χ4n) is 2.71. The molecule has 0 aromatic carbocycles. The first-order valence-electron chi connectivity index (χ1n) is 7.87. The molecule has 1 unspecified atom stereocenters. The molecule has 1 fully saturated rings. The van der Waals surface area contributed by atoms with Crippen LogP contribution in [0, 0.1) is 11.7 Å². The van der Waals surface area contributed by atoms with Gasteiger partial charge in [-0.2, -0.15) is 0 Å². The van der Waals surface area contributed by atoms with E-state index in [1.165, 1.54) is 12.3 Å². The van der Waals surface area contributed by atoms with Gasteiger partial charge < -0.3 is 0 Å². The van der Waals surface area contributed by atoms with Crippen molar-refractivity contribution < 1.29 is 9.18 Å². The van der Waals surface area contributed by atoms with Crippen molar-refractivity contribution in [3.8, 4) is 0 Å². The summed E-state index contributed by atoms with van der Waals surface area (Å²) in [5.41, 5.74) is 1.36. The lowest BCUT2D eigenvalue weighted by molar-refractivity contribution is 0.0905. The average Bonchev–Trinajstić information content (AvgIpc) is 3.27. The van der Waals surface area contributed by atoms with Crippen molar-refractivity contribution in [2.75, 3.05) is 0 Å². The van der Waals surface area contributed by atoms with Gasteiger partial charge in [-0.1, -0.05) is 33.1 Å². The number of halogens is 1. The molecule has 0 N–H and O–H groups in total. The van der Waals surface area contributed by atoms with Gasteiger partial charge in [-0.25, -0.2) is 4.39 Å². The Balaban J connectivity index is 2.15. The average molecular weight is 277 g/mol. The first kappa shape index (κ1) is 15.1. The minimum absolute atomic E-state index is 0.0163. The molecule has 1 aliphatic carbocycles. The zero-order chi connectivity index (χ0) is 14.5. The molecule has 0 spiro atoms. The highest BCUT2D eigenvalue weighted by Crippen LogP contribution is 2.41. The summed E-state index contributed by atoms with van der Waals surface area (Å²) in [6, 6.07) is 1.39. The van der Waals surface area contributed by atoms with E-state index in [9.17, 15) is 9.18 Å². The van der Waals surface area contributed by atoms with E-state index in [-0.39, 0.29) is 11.7 Å². The maximum absolute atomic E-state index is 13.5. The normalized spacial score (nSPS) is 16.1. The third-order valence-corrected chi connectivity index (χ3v) is 4.13. The molecule has 0 amide bonds. The minimum atomic E-state index is -0.402. The predicted molar refractivity (Wildman–Crippen MR) is 78.4 cm³/mol. The maximum atomic E-state index is 13.5. The van der Waals surface area contributed by atoms with E-state index in [1.54, 1.807) is 0 Å². The SMILES string of the molecule is CCCCCC(CC)C(=O)c1cc(F)cnc1C1CC1. The van der Waals surface area contributed by atoms with Crippen LogP contribution in [0.5, 0.6) is 0 Å². The van der Waals surface area contributed by atoms with Crippen LogP contribution in [-0.2, 0) is 0 Å². The van der Waals surface area contributed by atoms with Crippen molar-refractivity contribution in [1.29, 1.82) is 0 Å². The summed E-state index contributed by atoms with van der Waals surface area (Å²) in [5, 5.41) is 0. The molecule has 2 nitrogen and oxygen atoms in total. The number of rotatable bonds is 8. The Morgan fingerprint density at radius 1 is 1.40 bits per heavy atom. The Bertz CT molecular complexity index is 468. The molecular weight excluding hydrogens is 253 g/mol. The maximum Gasteiger partial charge on any atom is 0.167 e. The van der Waals surface area contributed by atoms with E-state index in [0.717, 1.165) is 50.6 Å². The highest BCUT2D eigenvalue weighted by atomic mass is 19.1. The predicted octanol–water partition coefficient (Wildman–Crippen LogP) is 4.89. The lowest BCUT2D eigenvalue weighted by Crippen LogP contribution is -2.17. The second-order valence-corrected chi connectivity index (χ2v) is 5.83. The van der Waals surface area contributed by atoms with Crippen LogP contribution in [0.2, 0.25) is 0 Å². The molecule has 0 bridgehead atoms. The van der Waals surface area contributed by atoms with Crippen molar-refractivity contribution in [1.82, 2.24) is 4.98 Å². The van der Waals surface area contributed by atoms with Gasteiger partial charge in [0.2, 0.25) is 0 Å². The van der Waals surface area contributed by atoms with Gasteiger partial charge in [0.1, 0.15) is 5.82 Å². The van der Waals surface area contributed by atoms with Crippen molar-refractivity contribution in [3.63, 3.8) is 0 Å². The number of hydrogen-bond acceptors (Lipinski definition) is 2. The second kappa shape index (κ2) is 6.96. The highest BCUT2D eigenvalue weighted by Gasteiger charge is 2.31. The highest BCUT2D eigenvalue weighted by molar-refractivity contribution is 5.99. The molecule has 0 saturated heterocycles. The van der Waals surface area contributed by atoms with Crippen LogP contribution in [0.15, 0.2) is 12.3 Å². The van der Waals surface area contributed by atoms with E-state index in [2.05, 4.69) is 11.9 Å². The van der Waals surface area contributed by atoms with E-state index in [1.807, 2.05) is 6.92 Å². The largest absolute Gasteiger partial charge is 0.294 e. The van der Waals surface area contributed by atoms with Gasteiger partial charge >= 0.3 is 0 Å². The van der Waals surface area contributed by atoms with E-state index >= 15 is 0 Å². The Labute approximate surface area is 120 Å². The summed E-state index contributed by atoms with van der Waals surface area (Å²) in [5.74, 6) is 0.0870. The van der Waals surface area contributed by atoms with Gasteiger partial charge in [-0.05, 0) is 31.7 Å². The third kappa shape index (κ3) is 3.65. The summed E-state index contributed by atoms with van der Waals surface area (Å²) in [4.78, 5) is 16.8. The Hall–Kier alpha value is -1.25. The van der Waals surface area contributed by atoms with Gasteiger partial charge in [0.25, 0.3) is 0 Å². The van der Waals surface area contributed by atoms with Gasteiger partial charge in [-0.15, -0.1) is 0 Å². The lowest BCUT2D eigenvalue weighted by Gasteiger charge is -2.15. The second-order valence-electron chi connectivity index (χ2n) is 5.83. The summed E-state index contributed by atoms with van der Waals surface area (Å²) < 4.78 is 13.5. The number of nitrogens with zero attached hydrogens (tertiary/aromatic N) is 1. The zero-order valence-corrected chi connectivity index (χ0v) is 12.5. The van der Waals surface area contributed by atoms with Crippen molar-refractivity contribution in [2.24, 2.45) is 5.92 Å². The molecule has 20 heavy (non-hydrogen) atoms. The van der Waals surface area contributed by atoms with Gasteiger partial charge in [0.05, 0.1) is 11.9 Å². The van der Waals surface area contributed by atoms with Crippen LogP contribution in [0.4, 0.5) is 4.39 Å². The summed E-state index contributed by atoms with van der Waals surface area (Å²) in [6.07, 6.45) is 8.49. The molecule has 110 valence electrons. The number of hydrogen-bond donors (Lipinski definition) is 0. The smallest absolute Gasteiger partial charge is 0.167 e. The van der Waals surface area contributed by atoms with Crippen LogP contribution < -0.4 is 0 Å². The van der Waals surface area contributed by atoms with Crippen LogP contribution in [0.1, 0.15) is 80.8 Å². The molecular formula is C17H24FNO. The first-order valence-corrected chi connectivity index (χ1v) is 7.87. The molecule has 2 rings (SSSR count). The molecule has 1 heterocycles. The number of Topliss-reactive ketones (excluding diaryl/α,β-unsaturated/α-hetero) is 1. The fraction of sp³-hybridized carbons (Fsp3) is 0.647. The molecule has 0 aliphatic heterocycles. The molecule has 1 aromatic rings. The third-order valence-electron chi connectivity index (χ3n) is 4.13. The van der Waals surface area contributed by atoms with Gasteiger partial charge in [0.15, 0.2) is 5.78 Å². The molecule has 1 atom stereocenters.